The first-order valence-corrected chi connectivity index (χ1v) is 6.33. The summed E-state index contributed by atoms with van der Waals surface area (Å²) in [4.78, 5) is 9.30. The molecule has 0 aromatic carbocycles. The van der Waals surface area contributed by atoms with Crippen LogP contribution in [0.15, 0.2) is 6.33 Å². The molecule has 6 nitrogen and oxygen atoms in total. The first kappa shape index (κ1) is 11.1. The summed E-state index contributed by atoms with van der Waals surface area (Å²) >= 11 is 0. The lowest BCUT2D eigenvalue weighted by atomic mass is 10.1. The van der Waals surface area contributed by atoms with Crippen molar-refractivity contribution in [3.8, 4) is 0 Å². The number of piperazine rings is 1. The summed E-state index contributed by atoms with van der Waals surface area (Å²) < 4.78 is 1.86. The molecule has 2 saturated heterocycles. The summed E-state index contributed by atoms with van der Waals surface area (Å²) in [6, 6.07) is 0.755. The van der Waals surface area contributed by atoms with Crippen LogP contribution in [0.25, 0.3) is 0 Å². The molecule has 3 rings (SSSR count). The predicted molar refractivity (Wildman–Crippen MR) is 64.5 cm³/mol. The molecule has 2 fully saturated rings. The first-order chi connectivity index (χ1) is 8.33. The molecule has 1 aromatic rings. The fourth-order valence-electron chi connectivity index (χ4n) is 2.61. The molecule has 0 bridgehead atoms. The lowest BCUT2D eigenvalue weighted by molar-refractivity contribution is 0.0202. The van der Waals surface area contributed by atoms with Gasteiger partial charge in [0, 0.05) is 52.4 Å². The van der Waals surface area contributed by atoms with Crippen LogP contribution < -0.4 is 5.32 Å². The van der Waals surface area contributed by atoms with Gasteiger partial charge in [0.2, 0.25) is 0 Å². The summed E-state index contributed by atoms with van der Waals surface area (Å²) in [6.45, 7) is 7.95. The molecule has 6 heteroatoms. The molecule has 2 aliphatic rings. The monoisotopic (exact) mass is 236 g/mol. The van der Waals surface area contributed by atoms with E-state index in [0.717, 1.165) is 31.5 Å². The molecule has 0 unspecified atom stereocenters. The minimum Gasteiger partial charge on any atom is -0.314 e. The molecule has 0 aliphatic carbocycles. The van der Waals surface area contributed by atoms with Crippen molar-refractivity contribution in [2.45, 2.75) is 12.6 Å². The normalized spacial score (nSPS) is 23.8. The molecule has 0 saturated carbocycles. The van der Waals surface area contributed by atoms with E-state index in [-0.39, 0.29) is 0 Å². The van der Waals surface area contributed by atoms with E-state index in [1.165, 1.54) is 26.2 Å². The maximum Gasteiger partial charge on any atom is 0.140 e. The third kappa shape index (κ3) is 2.34. The lowest BCUT2D eigenvalue weighted by Crippen LogP contribution is -2.62. The minimum atomic E-state index is 0.755. The Morgan fingerprint density at radius 3 is 2.76 bits per heavy atom. The van der Waals surface area contributed by atoms with Gasteiger partial charge in [0.15, 0.2) is 0 Å². The van der Waals surface area contributed by atoms with E-state index >= 15 is 0 Å². The first-order valence-electron chi connectivity index (χ1n) is 6.33. The molecular weight excluding hydrogens is 216 g/mol. The fourth-order valence-corrected chi connectivity index (χ4v) is 2.61. The van der Waals surface area contributed by atoms with Gasteiger partial charge in [0.1, 0.15) is 12.2 Å². The van der Waals surface area contributed by atoms with Crippen molar-refractivity contribution in [3.63, 3.8) is 0 Å². The van der Waals surface area contributed by atoms with E-state index in [9.17, 15) is 0 Å². The van der Waals surface area contributed by atoms with Crippen LogP contribution in [0, 0.1) is 0 Å². The van der Waals surface area contributed by atoms with Gasteiger partial charge in [-0.05, 0) is 0 Å². The van der Waals surface area contributed by atoms with Crippen molar-refractivity contribution < 1.29 is 0 Å². The highest BCUT2D eigenvalue weighted by Crippen LogP contribution is 2.17. The smallest absolute Gasteiger partial charge is 0.140 e. The fraction of sp³-hybridized carbons (Fsp3) is 0.818. The Hall–Kier alpha value is -0.980. The Kier molecular flexibility index (Phi) is 3.09. The van der Waals surface area contributed by atoms with Crippen LogP contribution in [0.3, 0.4) is 0 Å². The minimum absolute atomic E-state index is 0.755. The van der Waals surface area contributed by atoms with Crippen LogP contribution in [0.1, 0.15) is 5.82 Å². The molecule has 2 aliphatic heterocycles. The number of aryl methyl sites for hydroxylation is 1. The van der Waals surface area contributed by atoms with Crippen LogP contribution >= 0.6 is 0 Å². The van der Waals surface area contributed by atoms with Crippen molar-refractivity contribution in [1.29, 1.82) is 0 Å². The number of hydrogen-bond acceptors (Lipinski definition) is 5. The Bertz CT molecular complexity index is 364. The van der Waals surface area contributed by atoms with E-state index in [2.05, 4.69) is 25.2 Å². The summed E-state index contributed by atoms with van der Waals surface area (Å²) in [5.41, 5.74) is 0. The van der Waals surface area contributed by atoms with Gasteiger partial charge in [-0.2, -0.15) is 5.10 Å². The zero-order valence-electron chi connectivity index (χ0n) is 10.3. The number of nitrogens with one attached hydrogen (secondary N) is 1. The molecule has 94 valence electrons. The highest BCUT2D eigenvalue weighted by molar-refractivity contribution is 4.93. The SMILES string of the molecule is Cn1ncnc1CN1CC(N2CCNCC2)C1. The second kappa shape index (κ2) is 4.72. The molecule has 1 aromatic heterocycles. The van der Waals surface area contributed by atoms with E-state index in [4.69, 9.17) is 0 Å². The molecular formula is C11H20N6. The average Bonchev–Trinajstić information content (AvgIpc) is 2.70. The van der Waals surface area contributed by atoms with Crippen molar-refractivity contribution in [2.24, 2.45) is 7.05 Å². The maximum atomic E-state index is 4.26. The number of rotatable bonds is 3. The van der Waals surface area contributed by atoms with Crippen molar-refractivity contribution >= 4 is 0 Å². The second-order valence-corrected chi connectivity index (χ2v) is 4.93. The molecule has 0 atom stereocenters. The van der Waals surface area contributed by atoms with E-state index in [1.54, 1.807) is 6.33 Å². The molecule has 3 heterocycles. The van der Waals surface area contributed by atoms with Crippen LogP contribution in [0.4, 0.5) is 0 Å². The van der Waals surface area contributed by atoms with Gasteiger partial charge in [-0.25, -0.2) is 4.98 Å². The van der Waals surface area contributed by atoms with Crippen molar-refractivity contribution in [2.75, 3.05) is 39.3 Å². The lowest BCUT2D eigenvalue weighted by Gasteiger charge is -2.46. The standard InChI is InChI=1S/C11H20N6/c1-15-11(13-9-14-15)8-16-6-10(7-16)17-4-2-12-3-5-17/h9-10,12H,2-8H2,1H3. The quantitative estimate of drug-likeness (QED) is 0.722. The Balaban J connectivity index is 1.46. The largest absolute Gasteiger partial charge is 0.314 e. The van der Waals surface area contributed by atoms with Crippen LogP contribution in [-0.2, 0) is 13.6 Å². The third-order valence-electron chi connectivity index (χ3n) is 3.78. The Morgan fingerprint density at radius 2 is 2.12 bits per heavy atom. The molecule has 1 N–H and O–H groups in total. The summed E-state index contributed by atoms with van der Waals surface area (Å²) in [6.07, 6.45) is 1.63. The topological polar surface area (TPSA) is 49.2 Å². The highest BCUT2D eigenvalue weighted by atomic mass is 15.4. The Morgan fingerprint density at radius 1 is 1.35 bits per heavy atom. The summed E-state index contributed by atoms with van der Waals surface area (Å²) in [7, 11) is 1.95. The maximum absolute atomic E-state index is 4.26. The zero-order chi connectivity index (χ0) is 11.7. The van der Waals surface area contributed by atoms with Gasteiger partial charge < -0.3 is 5.32 Å². The predicted octanol–water partition coefficient (Wildman–Crippen LogP) is -1.10. The van der Waals surface area contributed by atoms with Gasteiger partial charge in [0.25, 0.3) is 0 Å². The van der Waals surface area contributed by atoms with Gasteiger partial charge >= 0.3 is 0 Å². The molecule has 17 heavy (non-hydrogen) atoms. The number of likely N-dealkylation sites (tertiary alicyclic amines) is 1. The van der Waals surface area contributed by atoms with Crippen LogP contribution in [-0.4, -0.2) is 69.9 Å². The van der Waals surface area contributed by atoms with E-state index in [1.807, 2.05) is 11.7 Å². The summed E-state index contributed by atoms with van der Waals surface area (Å²) in [5.74, 6) is 1.06. The van der Waals surface area contributed by atoms with Gasteiger partial charge in [-0.15, -0.1) is 0 Å². The zero-order valence-corrected chi connectivity index (χ0v) is 10.3. The number of hydrogen-bond donors (Lipinski definition) is 1. The van der Waals surface area contributed by atoms with Crippen molar-refractivity contribution in [1.82, 2.24) is 29.9 Å². The molecule has 0 amide bonds. The van der Waals surface area contributed by atoms with E-state index in [0.29, 0.717) is 0 Å². The van der Waals surface area contributed by atoms with Crippen LogP contribution in [0.2, 0.25) is 0 Å². The number of aromatic nitrogens is 3. The van der Waals surface area contributed by atoms with Crippen molar-refractivity contribution in [3.05, 3.63) is 12.2 Å². The van der Waals surface area contributed by atoms with E-state index < -0.39 is 0 Å². The Labute approximate surface area is 102 Å². The average molecular weight is 236 g/mol. The summed E-state index contributed by atoms with van der Waals surface area (Å²) in [5, 5.41) is 7.49. The van der Waals surface area contributed by atoms with Gasteiger partial charge in [0.05, 0.1) is 6.54 Å². The van der Waals surface area contributed by atoms with Crippen LogP contribution in [0.5, 0.6) is 0 Å². The molecule has 0 spiro atoms. The second-order valence-electron chi connectivity index (χ2n) is 4.93. The highest BCUT2D eigenvalue weighted by Gasteiger charge is 2.32. The van der Waals surface area contributed by atoms with Gasteiger partial charge in [-0.3, -0.25) is 14.5 Å². The molecule has 0 radical (unpaired) electrons. The van der Waals surface area contributed by atoms with Gasteiger partial charge in [-0.1, -0.05) is 0 Å². The number of nitrogens with zero attached hydrogens (tertiary/aromatic N) is 5. The third-order valence-corrected chi connectivity index (χ3v) is 3.78.